The Morgan fingerprint density at radius 2 is 2.00 bits per heavy atom. The Labute approximate surface area is 136 Å². The number of sulfonamides is 1. The predicted molar refractivity (Wildman–Crippen MR) is 82.6 cm³/mol. The summed E-state index contributed by atoms with van der Waals surface area (Å²) in [5.41, 5.74) is -0.110. The van der Waals surface area contributed by atoms with Gasteiger partial charge in [-0.3, -0.25) is 4.79 Å². The van der Waals surface area contributed by atoms with Crippen LogP contribution in [0.15, 0.2) is 23.1 Å². The number of aromatic carboxylic acids is 1. The summed E-state index contributed by atoms with van der Waals surface area (Å²) < 4.78 is 30.5. The van der Waals surface area contributed by atoms with Gasteiger partial charge in [0.2, 0.25) is 10.0 Å². The number of nitrogens with zero attached hydrogens (tertiary/aromatic N) is 1. The number of rotatable bonds is 6. The first kappa shape index (κ1) is 17.9. The number of hydrogen-bond acceptors (Lipinski definition) is 5. The fourth-order valence-electron chi connectivity index (χ4n) is 1.48. The van der Waals surface area contributed by atoms with Gasteiger partial charge in [-0.1, -0.05) is 0 Å². The lowest BCUT2D eigenvalue weighted by molar-refractivity contribution is -0.143. The molecule has 1 aromatic rings. The molecule has 0 aliphatic heterocycles. The van der Waals surface area contributed by atoms with Crippen molar-refractivity contribution in [3.05, 3.63) is 27.3 Å². The summed E-state index contributed by atoms with van der Waals surface area (Å²) in [5, 5.41) is 9.02. The van der Waals surface area contributed by atoms with Crippen LogP contribution in [0.4, 0.5) is 0 Å². The van der Waals surface area contributed by atoms with Crippen LogP contribution in [-0.2, 0) is 19.6 Å². The highest BCUT2D eigenvalue weighted by Crippen LogP contribution is 2.20. The number of esters is 1. The van der Waals surface area contributed by atoms with Crippen molar-refractivity contribution in [3.8, 4) is 0 Å². The highest BCUT2D eigenvalue weighted by Gasteiger charge is 2.25. The zero-order valence-corrected chi connectivity index (χ0v) is 14.3. The summed E-state index contributed by atoms with van der Waals surface area (Å²) >= 11 is 1.81. The third kappa shape index (κ3) is 4.38. The van der Waals surface area contributed by atoms with E-state index in [1.54, 1.807) is 29.5 Å². The van der Waals surface area contributed by atoms with Gasteiger partial charge in [0.15, 0.2) is 0 Å². The first-order valence-electron chi connectivity index (χ1n) is 5.85. The molecule has 0 saturated carbocycles. The van der Waals surface area contributed by atoms with Crippen LogP contribution in [-0.4, -0.2) is 50.0 Å². The number of ether oxygens (including phenoxy) is 1. The van der Waals surface area contributed by atoms with Crippen LogP contribution >= 0.6 is 22.6 Å². The molecule has 9 heteroatoms. The van der Waals surface area contributed by atoms with Gasteiger partial charge in [0, 0.05) is 10.6 Å². The molecule has 0 unspecified atom stereocenters. The summed E-state index contributed by atoms with van der Waals surface area (Å²) in [6.45, 7) is 1.33. The lowest BCUT2D eigenvalue weighted by atomic mass is 10.2. The monoisotopic (exact) mass is 427 g/mol. The van der Waals surface area contributed by atoms with E-state index in [4.69, 9.17) is 5.11 Å². The minimum absolute atomic E-state index is 0.110. The van der Waals surface area contributed by atoms with E-state index in [0.717, 1.165) is 10.4 Å². The molecule has 0 saturated heterocycles. The lowest BCUT2D eigenvalue weighted by Crippen LogP contribution is -2.33. The Kier molecular flexibility index (Phi) is 6.10. The van der Waals surface area contributed by atoms with E-state index >= 15 is 0 Å². The highest BCUT2D eigenvalue weighted by atomic mass is 127. The van der Waals surface area contributed by atoms with Crippen molar-refractivity contribution in [2.75, 3.05) is 20.2 Å². The number of carbonyl (C=O) groups excluding carboxylic acids is 1. The molecular formula is C12H14INO6S. The maximum atomic E-state index is 12.3. The summed E-state index contributed by atoms with van der Waals surface area (Å²) in [6, 6.07) is 3.77. The average molecular weight is 427 g/mol. The fourth-order valence-corrected chi connectivity index (χ4v) is 3.19. The fraction of sp³-hybridized carbons (Fsp3) is 0.333. The standard InChI is InChI=1S/C12H14INO6S/c1-3-20-11(15)7-14(2)21(18,19)8-4-5-10(13)9(6-8)12(16)17/h4-6H,3,7H2,1-2H3,(H,16,17). The molecule has 1 aromatic carbocycles. The number of hydrogen-bond donors (Lipinski definition) is 1. The second-order valence-electron chi connectivity index (χ2n) is 4.01. The van der Waals surface area contributed by atoms with Crippen LogP contribution in [0.2, 0.25) is 0 Å². The molecule has 0 aromatic heterocycles. The van der Waals surface area contributed by atoms with Crippen molar-refractivity contribution >= 4 is 44.6 Å². The molecule has 0 spiro atoms. The normalized spacial score (nSPS) is 11.4. The average Bonchev–Trinajstić information content (AvgIpc) is 2.38. The zero-order chi connectivity index (χ0) is 16.2. The van der Waals surface area contributed by atoms with Crippen molar-refractivity contribution in [3.63, 3.8) is 0 Å². The predicted octanol–water partition coefficient (Wildman–Crippen LogP) is 1.17. The first-order chi connectivity index (χ1) is 9.70. The molecule has 21 heavy (non-hydrogen) atoms. The van der Waals surface area contributed by atoms with E-state index in [-0.39, 0.29) is 17.1 Å². The summed E-state index contributed by atoms with van der Waals surface area (Å²) in [6.07, 6.45) is 0. The molecular weight excluding hydrogens is 413 g/mol. The van der Waals surface area contributed by atoms with E-state index in [2.05, 4.69) is 4.74 Å². The second kappa shape index (κ2) is 7.18. The quantitative estimate of drug-likeness (QED) is 0.541. The van der Waals surface area contributed by atoms with Crippen LogP contribution in [0.1, 0.15) is 17.3 Å². The van der Waals surface area contributed by atoms with Crippen LogP contribution in [0.5, 0.6) is 0 Å². The molecule has 0 radical (unpaired) electrons. The SMILES string of the molecule is CCOC(=O)CN(C)S(=O)(=O)c1ccc(I)c(C(=O)O)c1. The third-order valence-corrected chi connectivity index (χ3v) is 5.27. The number of benzene rings is 1. The molecule has 0 fully saturated rings. The van der Waals surface area contributed by atoms with Crippen molar-refractivity contribution in [1.29, 1.82) is 0 Å². The van der Waals surface area contributed by atoms with Crippen LogP contribution in [0.25, 0.3) is 0 Å². The topological polar surface area (TPSA) is 101 Å². The molecule has 1 N–H and O–H groups in total. The van der Waals surface area contributed by atoms with Crippen LogP contribution in [0, 0.1) is 3.57 Å². The molecule has 0 heterocycles. The third-order valence-electron chi connectivity index (χ3n) is 2.53. The molecule has 7 nitrogen and oxygen atoms in total. The summed E-state index contributed by atoms with van der Waals surface area (Å²) in [7, 11) is -2.73. The van der Waals surface area contributed by atoms with Crippen LogP contribution in [0.3, 0.4) is 0 Å². The maximum Gasteiger partial charge on any atom is 0.336 e. The van der Waals surface area contributed by atoms with Gasteiger partial charge in [-0.05, 0) is 47.7 Å². The van der Waals surface area contributed by atoms with Gasteiger partial charge in [-0.15, -0.1) is 0 Å². The van der Waals surface area contributed by atoms with Gasteiger partial charge in [0.1, 0.15) is 6.54 Å². The van der Waals surface area contributed by atoms with Gasteiger partial charge in [-0.2, -0.15) is 4.31 Å². The van der Waals surface area contributed by atoms with Crippen molar-refractivity contribution in [2.24, 2.45) is 0 Å². The Morgan fingerprint density at radius 3 is 2.52 bits per heavy atom. The number of carbonyl (C=O) groups is 2. The first-order valence-corrected chi connectivity index (χ1v) is 8.36. The van der Waals surface area contributed by atoms with Gasteiger partial charge >= 0.3 is 11.9 Å². The lowest BCUT2D eigenvalue weighted by Gasteiger charge is -2.16. The molecule has 0 amide bonds. The molecule has 0 aliphatic carbocycles. The summed E-state index contributed by atoms with van der Waals surface area (Å²) in [5.74, 6) is -1.89. The number of halogens is 1. The minimum atomic E-state index is -3.96. The van der Waals surface area contributed by atoms with Gasteiger partial charge in [0.05, 0.1) is 17.1 Å². The Bertz CT molecular complexity index is 658. The van der Waals surface area contributed by atoms with Crippen LogP contribution < -0.4 is 0 Å². The Hall–Kier alpha value is -1.20. The van der Waals surface area contributed by atoms with Crippen molar-refractivity contribution in [2.45, 2.75) is 11.8 Å². The minimum Gasteiger partial charge on any atom is -0.478 e. The largest absolute Gasteiger partial charge is 0.478 e. The second-order valence-corrected chi connectivity index (χ2v) is 7.22. The number of carboxylic acids is 1. The van der Waals surface area contributed by atoms with Crippen molar-refractivity contribution in [1.82, 2.24) is 4.31 Å². The van der Waals surface area contributed by atoms with E-state index < -0.39 is 28.5 Å². The number of carboxylic acid groups (broad SMARTS) is 1. The molecule has 0 aliphatic rings. The van der Waals surface area contributed by atoms with E-state index in [9.17, 15) is 18.0 Å². The Morgan fingerprint density at radius 1 is 1.38 bits per heavy atom. The Balaban J connectivity index is 3.10. The van der Waals surface area contributed by atoms with E-state index in [1.165, 1.54) is 19.2 Å². The molecule has 1 rings (SSSR count). The van der Waals surface area contributed by atoms with Crippen molar-refractivity contribution < 1.29 is 27.9 Å². The van der Waals surface area contributed by atoms with Gasteiger partial charge < -0.3 is 9.84 Å². The number of likely N-dealkylation sites (N-methyl/N-ethyl adjacent to an activating group) is 1. The molecule has 116 valence electrons. The van der Waals surface area contributed by atoms with E-state index in [1.807, 2.05) is 0 Å². The van der Waals surface area contributed by atoms with E-state index in [0.29, 0.717) is 3.57 Å². The maximum absolute atomic E-state index is 12.3. The molecule has 0 atom stereocenters. The summed E-state index contributed by atoms with van der Waals surface area (Å²) in [4.78, 5) is 22.2. The van der Waals surface area contributed by atoms with Gasteiger partial charge in [0.25, 0.3) is 0 Å². The smallest absolute Gasteiger partial charge is 0.336 e. The highest BCUT2D eigenvalue weighted by molar-refractivity contribution is 14.1. The van der Waals surface area contributed by atoms with Gasteiger partial charge in [-0.25, -0.2) is 13.2 Å². The zero-order valence-electron chi connectivity index (χ0n) is 11.4. The molecule has 0 bridgehead atoms.